The van der Waals surface area contributed by atoms with Crippen molar-refractivity contribution in [2.24, 2.45) is 0 Å². The van der Waals surface area contributed by atoms with Crippen LogP contribution in [-0.2, 0) is 4.79 Å². The first-order valence-corrected chi connectivity index (χ1v) is 9.30. The van der Waals surface area contributed by atoms with Crippen molar-refractivity contribution in [3.8, 4) is 16.9 Å². The van der Waals surface area contributed by atoms with E-state index in [0.29, 0.717) is 6.41 Å². The Morgan fingerprint density at radius 1 is 0.920 bits per heavy atom. The van der Waals surface area contributed by atoms with Gasteiger partial charge in [-0.15, -0.1) is 0 Å². The van der Waals surface area contributed by atoms with Gasteiger partial charge in [0.05, 0.1) is 6.10 Å². The average Bonchev–Trinajstić information content (AvgIpc) is 2.63. The Kier molecular flexibility index (Phi) is 8.03. The molecule has 0 bridgehead atoms. The number of carbonyl (C=O) groups excluding carboxylic acids is 1. The van der Waals surface area contributed by atoms with Crippen LogP contribution in [0.3, 0.4) is 0 Å². The van der Waals surface area contributed by atoms with Crippen LogP contribution in [0.5, 0.6) is 5.75 Å². The van der Waals surface area contributed by atoms with Gasteiger partial charge in [-0.25, -0.2) is 0 Å². The largest absolute Gasteiger partial charge is 0.491 e. The normalized spacial score (nSPS) is 11.8. The molecule has 3 heteroatoms. The summed E-state index contributed by atoms with van der Waals surface area (Å²) in [6.45, 7) is 4.39. The number of nitrogens with one attached hydrogen (secondary N) is 1. The van der Waals surface area contributed by atoms with Gasteiger partial charge in [0, 0.05) is 5.69 Å². The van der Waals surface area contributed by atoms with Crippen LogP contribution in [0.15, 0.2) is 48.5 Å². The summed E-state index contributed by atoms with van der Waals surface area (Å²) in [5.74, 6) is 0.920. The summed E-state index contributed by atoms with van der Waals surface area (Å²) in [5.41, 5.74) is 3.05. The third-order valence-electron chi connectivity index (χ3n) is 4.35. The molecule has 2 aromatic carbocycles. The Balaban J connectivity index is 1.83. The fourth-order valence-corrected chi connectivity index (χ4v) is 2.88. The van der Waals surface area contributed by atoms with Gasteiger partial charge in [-0.1, -0.05) is 56.9 Å². The van der Waals surface area contributed by atoms with E-state index in [1.54, 1.807) is 0 Å². The van der Waals surface area contributed by atoms with E-state index in [1.165, 1.54) is 32.1 Å². The molecule has 25 heavy (non-hydrogen) atoms. The Labute approximate surface area is 151 Å². The molecule has 0 saturated heterocycles. The molecule has 0 radical (unpaired) electrons. The quantitative estimate of drug-likeness (QED) is 0.400. The smallest absolute Gasteiger partial charge is 0.211 e. The summed E-state index contributed by atoms with van der Waals surface area (Å²) in [4.78, 5) is 10.4. The summed E-state index contributed by atoms with van der Waals surface area (Å²) >= 11 is 0. The topological polar surface area (TPSA) is 38.3 Å². The minimum absolute atomic E-state index is 0.251. The number of amides is 1. The van der Waals surface area contributed by atoms with Crippen LogP contribution in [0.1, 0.15) is 52.4 Å². The minimum Gasteiger partial charge on any atom is -0.491 e. The highest BCUT2D eigenvalue weighted by molar-refractivity contribution is 5.74. The van der Waals surface area contributed by atoms with Crippen LogP contribution in [0.2, 0.25) is 0 Å². The zero-order valence-electron chi connectivity index (χ0n) is 15.3. The molecule has 134 valence electrons. The van der Waals surface area contributed by atoms with E-state index < -0.39 is 0 Å². The summed E-state index contributed by atoms with van der Waals surface area (Å²) in [6.07, 6.45) is 8.54. The third-order valence-corrected chi connectivity index (χ3v) is 4.35. The zero-order chi connectivity index (χ0) is 17.9. The molecular formula is C22H29NO2. The molecule has 0 aromatic heterocycles. The molecule has 0 heterocycles. The number of hydrogen-bond donors (Lipinski definition) is 1. The molecule has 1 amide bonds. The number of rotatable bonds is 11. The van der Waals surface area contributed by atoms with Gasteiger partial charge in [0.25, 0.3) is 0 Å². The average molecular weight is 339 g/mol. The number of ether oxygens (including phenoxy) is 1. The van der Waals surface area contributed by atoms with E-state index in [1.807, 2.05) is 36.4 Å². The Morgan fingerprint density at radius 3 is 2.12 bits per heavy atom. The maximum absolute atomic E-state index is 10.4. The van der Waals surface area contributed by atoms with Crippen LogP contribution < -0.4 is 10.1 Å². The second-order valence-electron chi connectivity index (χ2n) is 6.50. The van der Waals surface area contributed by atoms with Crippen LogP contribution in [-0.4, -0.2) is 12.5 Å². The summed E-state index contributed by atoms with van der Waals surface area (Å²) < 4.78 is 6.01. The molecule has 2 aromatic rings. The first-order valence-electron chi connectivity index (χ1n) is 9.30. The Morgan fingerprint density at radius 2 is 1.52 bits per heavy atom. The van der Waals surface area contributed by atoms with Crippen molar-refractivity contribution in [1.82, 2.24) is 0 Å². The SMILES string of the molecule is CCCCCCC[C@H](C)Oc1ccc(-c2ccc(NC=O)cc2)cc1. The first-order chi connectivity index (χ1) is 12.2. The number of benzene rings is 2. The second kappa shape index (κ2) is 10.5. The minimum atomic E-state index is 0.251. The van der Waals surface area contributed by atoms with Gasteiger partial charge in [0.1, 0.15) is 5.75 Å². The van der Waals surface area contributed by atoms with E-state index in [-0.39, 0.29) is 6.10 Å². The van der Waals surface area contributed by atoms with Gasteiger partial charge < -0.3 is 10.1 Å². The summed E-state index contributed by atoms with van der Waals surface area (Å²) in [5, 5.41) is 2.64. The molecule has 0 aliphatic carbocycles. The number of unbranched alkanes of at least 4 members (excludes halogenated alkanes) is 4. The molecule has 0 aliphatic rings. The summed E-state index contributed by atoms with van der Waals surface area (Å²) in [7, 11) is 0. The van der Waals surface area contributed by atoms with Gasteiger partial charge in [-0.05, 0) is 55.2 Å². The monoisotopic (exact) mass is 339 g/mol. The van der Waals surface area contributed by atoms with Crippen LogP contribution in [0.25, 0.3) is 11.1 Å². The maximum atomic E-state index is 10.4. The van der Waals surface area contributed by atoms with E-state index >= 15 is 0 Å². The van der Waals surface area contributed by atoms with Crippen molar-refractivity contribution in [2.45, 2.75) is 58.5 Å². The van der Waals surface area contributed by atoms with E-state index in [9.17, 15) is 4.79 Å². The lowest BCUT2D eigenvalue weighted by molar-refractivity contribution is -0.105. The molecule has 3 nitrogen and oxygen atoms in total. The van der Waals surface area contributed by atoms with Crippen molar-refractivity contribution < 1.29 is 9.53 Å². The summed E-state index contributed by atoms with van der Waals surface area (Å²) in [6, 6.07) is 16.0. The predicted molar refractivity (Wildman–Crippen MR) is 105 cm³/mol. The molecule has 0 unspecified atom stereocenters. The number of carbonyl (C=O) groups is 1. The first kappa shape index (κ1) is 19.0. The molecular weight excluding hydrogens is 310 g/mol. The third kappa shape index (κ3) is 6.61. The van der Waals surface area contributed by atoms with Crippen LogP contribution in [0, 0.1) is 0 Å². The van der Waals surface area contributed by atoms with Gasteiger partial charge in [0.15, 0.2) is 0 Å². The predicted octanol–water partition coefficient (Wildman–Crippen LogP) is 6.05. The van der Waals surface area contributed by atoms with E-state index in [4.69, 9.17) is 4.74 Å². The van der Waals surface area contributed by atoms with Gasteiger partial charge in [-0.2, -0.15) is 0 Å². The van der Waals surface area contributed by atoms with Crippen molar-refractivity contribution >= 4 is 12.1 Å². The van der Waals surface area contributed by atoms with Gasteiger partial charge in [-0.3, -0.25) is 4.79 Å². The van der Waals surface area contributed by atoms with Crippen molar-refractivity contribution in [3.63, 3.8) is 0 Å². The van der Waals surface area contributed by atoms with E-state index in [0.717, 1.165) is 29.0 Å². The highest BCUT2D eigenvalue weighted by Crippen LogP contribution is 2.24. The van der Waals surface area contributed by atoms with Crippen molar-refractivity contribution in [2.75, 3.05) is 5.32 Å². The fourth-order valence-electron chi connectivity index (χ4n) is 2.88. The van der Waals surface area contributed by atoms with Crippen molar-refractivity contribution in [1.29, 1.82) is 0 Å². The van der Waals surface area contributed by atoms with Gasteiger partial charge >= 0.3 is 0 Å². The lowest BCUT2D eigenvalue weighted by Gasteiger charge is -2.15. The highest BCUT2D eigenvalue weighted by atomic mass is 16.5. The second-order valence-corrected chi connectivity index (χ2v) is 6.50. The Bertz CT molecular complexity index is 619. The van der Waals surface area contributed by atoms with E-state index in [2.05, 4.69) is 31.3 Å². The van der Waals surface area contributed by atoms with Gasteiger partial charge in [0.2, 0.25) is 6.41 Å². The zero-order valence-corrected chi connectivity index (χ0v) is 15.3. The molecule has 0 fully saturated rings. The number of anilines is 1. The standard InChI is InChI=1S/C22H29NO2/c1-3-4-5-6-7-8-18(2)25-22-15-11-20(12-16-22)19-9-13-21(14-10-19)23-17-24/h9-18H,3-8H2,1-2H3,(H,23,24)/t18-/m0/s1. The number of hydrogen-bond acceptors (Lipinski definition) is 2. The van der Waals surface area contributed by atoms with Crippen LogP contribution in [0.4, 0.5) is 5.69 Å². The molecule has 1 N–H and O–H groups in total. The maximum Gasteiger partial charge on any atom is 0.211 e. The lowest BCUT2D eigenvalue weighted by Crippen LogP contribution is -2.11. The lowest BCUT2D eigenvalue weighted by atomic mass is 10.1. The fraction of sp³-hybridized carbons (Fsp3) is 0.409. The molecule has 0 aliphatic heterocycles. The molecule has 1 atom stereocenters. The van der Waals surface area contributed by atoms with Crippen molar-refractivity contribution in [3.05, 3.63) is 48.5 Å². The van der Waals surface area contributed by atoms with Crippen LogP contribution >= 0.6 is 0 Å². The molecule has 0 saturated carbocycles. The highest BCUT2D eigenvalue weighted by Gasteiger charge is 2.05. The molecule has 2 rings (SSSR count). The molecule has 0 spiro atoms. The Hall–Kier alpha value is -2.29.